The molecule has 0 spiro atoms. The molecule has 1 fully saturated rings. The van der Waals surface area contributed by atoms with Crippen LogP contribution in [0, 0.1) is 13.8 Å². The van der Waals surface area contributed by atoms with Crippen molar-refractivity contribution in [1.82, 2.24) is 19.7 Å². The van der Waals surface area contributed by atoms with Crippen LogP contribution in [0.4, 0.5) is 0 Å². The molecular weight excluding hydrogens is 436 g/mol. The molecule has 0 N–H and O–H groups in total. The summed E-state index contributed by atoms with van der Waals surface area (Å²) in [6, 6.07) is 11.6. The van der Waals surface area contributed by atoms with E-state index in [1.807, 2.05) is 44.2 Å². The molecule has 1 saturated heterocycles. The fraction of sp³-hybridized carbons (Fsp3) is 0.400. The highest BCUT2D eigenvalue weighted by atomic mass is 32.2. The molecule has 2 aromatic heterocycles. The van der Waals surface area contributed by atoms with Gasteiger partial charge in [-0.25, -0.2) is 8.42 Å². The zero-order valence-electron chi connectivity index (χ0n) is 19.4. The number of pyridine rings is 1. The molecule has 1 aromatic carbocycles. The highest BCUT2D eigenvalue weighted by Crippen LogP contribution is 2.31. The quantitative estimate of drug-likeness (QED) is 0.531. The first-order valence-corrected chi connectivity index (χ1v) is 13.2. The molecular formula is C25H30N4O3S. The Kier molecular flexibility index (Phi) is 6.65. The number of hydrogen-bond donors (Lipinski definition) is 0. The van der Waals surface area contributed by atoms with Crippen molar-refractivity contribution in [1.29, 1.82) is 0 Å². The molecule has 1 atom stereocenters. The molecule has 0 bridgehead atoms. The molecule has 3 aromatic rings. The van der Waals surface area contributed by atoms with Crippen LogP contribution in [0.5, 0.6) is 0 Å². The van der Waals surface area contributed by atoms with E-state index in [-0.39, 0.29) is 23.5 Å². The van der Waals surface area contributed by atoms with Crippen molar-refractivity contribution in [2.24, 2.45) is 0 Å². The maximum absolute atomic E-state index is 13.4. The monoisotopic (exact) mass is 466 g/mol. The first kappa shape index (κ1) is 23.2. The van der Waals surface area contributed by atoms with Gasteiger partial charge in [-0.15, -0.1) is 0 Å². The predicted molar refractivity (Wildman–Crippen MR) is 129 cm³/mol. The van der Waals surface area contributed by atoms with Gasteiger partial charge in [-0.3, -0.25) is 14.5 Å². The second kappa shape index (κ2) is 9.47. The highest BCUT2D eigenvalue weighted by Gasteiger charge is 2.32. The van der Waals surface area contributed by atoms with Gasteiger partial charge < -0.3 is 4.90 Å². The number of hydrogen-bond acceptors (Lipinski definition) is 5. The lowest BCUT2D eigenvalue weighted by atomic mass is 10.0. The van der Waals surface area contributed by atoms with Crippen LogP contribution in [-0.4, -0.2) is 58.6 Å². The number of rotatable bonds is 7. The van der Waals surface area contributed by atoms with E-state index in [9.17, 15) is 13.2 Å². The van der Waals surface area contributed by atoms with Gasteiger partial charge in [-0.1, -0.05) is 12.1 Å². The van der Waals surface area contributed by atoms with Crippen molar-refractivity contribution in [2.45, 2.75) is 39.7 Å². The molecule has 7 nitrogen and oxygen atoms in total. The second-order valence-corrected chi connectivity index (χ2v) is 10.9. The van der Waals surface area contributed by atoms with Crippen LogP contribution in [-0.2, 0) is 16.3 Å². The van der Waals surface area contributed by atoms with Gasteiger partial charge in [0.05, 0.1) is 23.2 Å². The normalized spacial score (nSPS) is 17.2. The van der Waals surface area contributed by atoms with Gasteiger partial charge in [0.2, 0.25) is 0 Å². The number of carbonyl (C=O) groups is 1. The molecule has 1 unspecified atom stereocenters. The number of likely N-dealkylation sites (N-methyl/N-ethyl adjacent to an activating group) is 1. The standard InChI is InChI=1S/C25H30N4O3S/c1-4-28(13-9-20-7-11-26-12-8-20)25(30)23-16-24(21-6-5-18(2)19(3)15-21)29(27-23)22-10-14-33(31,32)17-22/h5-8,11-12,15-16,22H,4,9-10,13-14,17H2,1-3H3. The van der Waals surface area contributed by atoms with Crippen LogP contribution >= 0.6 is 0 Å². The summed E-state index contributed by atoms with van der Waals surface area (Å²) in [4.78, 5) is 19.2. The van der Waals surface area contributed by atoms with Crippen LogP contribution in [0.1, 0.15) is 46.6 Å². The molecule has 3 heterocycles. The van der Waals surface area contributed by atoms with E-state index >= 15 is 0 Å². The number of carbonyl (C=O) groups excluding carboxylic acids is 1. The van der Waals surface area contributed by atoms with Gasteiger partial charge in [0.15, 0.2) is 15.5 Å². The predicted octanol–water partition coefficient (Wildman–Crippen LogP) is 3.63. The molecule has 1 aliphatic rings. The fourth-order valence-corrected chi connectivity index (χ4v) is 5.93. The molecule has 33 heavy (non-hydrogen) atoms. The number of aryl methyl sites for hydroxylation is 2. The summed E-state index contributed by atoms with van der Waals surface area (Å²) in [6.07, 6.45) is 4.74. The van der Waals surface area contributed by atoms with Crippen LogP contribution < -0.4 is 0 Å². The average molecular weight is 467 g/mol. The van der Waals surface area contributed by atoms with Crippen molar-refractivity contribution in [2.75, 3.05) is 24.6 Å². The van der Waals surface area contributed by atoms with E-state index in [1.165, 1.54) is 5.56 Å². The van der Waals surface area contributed by atoms with Crippen LogP contribution in [0.2, 0.25) is 0 Å². The number of sulfone groups is 1. The van der Waals surface area contributed by atoms with Crippen molar-refractivity contribution >= 4 is 15.7 Å². The molecule has 4 rings (SSSR count). The number of benzene rings is 1. The third kappa shape index (κ3) is 5.16. The molecule has 0 saturated carbocycles. The molecule has 0 radical (unpaired) electrons. The molecule has 8 heteroatoms. The Morgan fingerprint density at radius 3 is 2.52 bits per heavy atom. The summed E-state index contributed by atoms with van der Waals surface area (Å²) in [5.74, 6) is 0.0658. The van der Waals surface area contributed by atoms with E-state index in [0.29, 0.717) is 25.2 Å². The smallest absolute Gasteiger partial charge is 0.274 e. The minimum Gasteiger partial charge on any atom is -0.337 e. The Morgan fingerprint density at radius 2 is 1.88 bits per heavy atom. The summed E-state index contributed by atoms with van der Waals surface area (Å²) >= 11 is 0. The third-order valence-electron chi connectivity index (χ3n) is 6.40. The average Bonchev–Trinajstić information content (AvgIpc) is 3.40. The zero-order valence-corrected chi connectivity index (χ0v) is 20.2. The largest absolute Gasteiger partial charge is 0.337 e. The van der Waals surface area contributed by atoms with Gasteiger partial charge >= 0.3 is 0 Å². The topological polar surface area (TPSA) is 85.2 Å². The summed E-state index contributed by atoms with van der Waals surface area (Å²) in [5, 5.41) is 4.66. The van der Waals surface area contributed by atoms with Crippen LogP contribution in [0.25, 0.3) is 11.3 Å². The van der Waals surface area contributed by atoms with Crippen molar-refractivity contribution in [3.63, 3.8) is 0 Å². The van der Waals surface area contributed by atoms with E-state index in [2.05, 4.69) is 23.1 Å². The number of amides is 1. The van der Waals surface area contributed by atoms with E-state index < -0.39 is 9.84 Å². The zero-order chi connectivity index (χ0) is 23.6. The lowest BCUT2D eigenvalue weighted by Crippen LogP contribution is -2.33. The summed E-state index contributed by atoms with van der Waals surface area (Å²) < 4.78 is 26.1. The lowest BCUT2D eigenvalue weighted by molar-refractivity contribution is 0.0759. The van der Waals surface area contributed by atoms with Crippen LogP contribution in [0.15, 0.2) is 48.8 Å². The van der Waals surface area contributed by atoms with Crippen LogP contribution in [0.3, 0.4) is 0 Å². The van der Waals surface area contributed by atoms with Gasteiger partial charge in [0.25, 0.3) is 5.91 Å². The maximum Gasteiger partial charge on any atom is 0.274 e. The van der Waals surface area contributed by atoms with Gasteiger partial charge in [0, 0.05) is 31.0 Å². The molecule has 174 valence electrons. The Bertz CT molecular complexity index is 1250. The van der Waals surface area contributed by atoms with Gasteiger partial charge in [0.1, 0.15) is 0 Å². The fourth-order valence-electron chi connectivity index (χ4n) is 4.24. The minimum atomic E-state index is -3.09. The van der Waals surface area contributed by atoms with E-state index in [4.69, 9.17) is 0 Å². The minimum absolute atomic E-state index is 0.0552. The SMILES string of the molecule is CCN(CCc1ccncc1)C(=O)c1cc(-c2ccc(C)c(C)c2)n(C2CCS(=O)(=O)C2)n1. The Balaban J connectivity index is 1.66. The van der Waals surface area contributed by atoms with Crippen molar-refractivity contribution in [3.05, 3.63) is 71.2 Å². The van der Waals surface area contributed by atoms with Crippen molar-refractivity contribution in [3.8, 4) is 11.3 Å². The van der Waals surface area contributed by atoms with Gasteiger partial charge in [-0.05, 0) is 74.6 Å². The Morgan fingerprint density at radius 1 is 1.12 bits per heavy atom. The summed E-state index contributed by atoms with van der Waals surface area (Å²) in [6.45, 7) is 7.19. The highest BCUT2D eigenvalue weighted by molar-refractivity contribution is 7.91. The summed E-state index contributed by atoms with van der Waals surface area (Å²) in [7, 11) is -3.09. The first-order chi connectivity index (χ1) is 15.8. The van der Waals surface area contributed by atoms with Gasteiger partial charge in [-0.2, -0.15) is 5.10 Å². The first-order valence-electron chi connectivity index (χ1n) is 11.3. The molecule has 0 aliphatic carbocycles. The molecule has 1 aliphatic heterocycles. The molecule has 1 amide bonds. The van der Waals surface area contributed by atoms with Crippen molar-refractivity contribution < 1.29 is 13.2 Å². The van der Waals surface area contributed by atoms with E-state index in [1.54, 1.807) is 22.0 Å². The Hall–Kier alpha value is -3.00. The summed E-state index contributed by atoms with van der Waals surface area (Å²) in [5.41, 5.74) is 5.51. The third-order valence-corrected chi connectivity index (χ3v) is 8.15. The Labute approximate surface area is 195 Å². The number of nitrogens with zero attached hydrogens (tertiary/aromatic N) is 4. The lowest BCUT2D eigenvalue weighted by Gasteiger charge is -2.19. The second-order valence-electron chi connectivity index (χ2n) is 8.71. The number of aromatic nitrogens is 3. The maximum atomic E-state index is 13.4. The van der Waals surface area contributed by atoms with E-state index in [0.717, 1.165) is 28.8 Å².